The first-order valence-corrected chi connectivity index (χ1v) is 5.12. The predicted molar refractivity (Wildman–Crippen MR) is 60.5 cm³/mol. The molecule has 2 aromatic rings. The molecule has 2 heterocycles. The molecule has 0 radical (unpaired) electrons. The molecule has 0 saturated carbocycles. The summed E-state index contributed by atoms with van der Waals surface area (Å²) in [7, 11) is 0. The van der Waals surface area contributed by atoms with Gasteiger partial charge in [-0.05, 0) is 6.42 Å². The van der Waals surface area contributed by atoms with E-state index < -0.39 is 0 Å². The highest BCUT2D eigenvalue weighted by Gasteiger charge is 2.20. The molecule has 0 aromatic carbocycles. The number of hydrogen-bond acceptors (Lipinski definition) is 5. The van der Waals surface area contributed by atoms with E-state index in [4.69, 9.17) is 11.5 Å². The largest absolute Gasteiger partial charge is 0.382 e. The summed E-state index contributed by atoms with van der Waals surface area (Å²) >= 11 is 0. The van der Waals surface area contributed by atoms with Gasteiger partial charge >= 0.3 is 0 Å². The van der Waals surface area contributed by atoms with Crippen LogP contribution in [0.25, 0.3) is 11.2 Å². The third-order valence-corrected chi connectivity index (χ3v) is 2.84. The Hall–Kier alpha value is -1.95. The molecule has 3 rings (SSSR count). The van der Waals surface area contributed by atoms with Gasteiger partial charge in [-0.15, -0.1) is 0 Å². The molecule has 0 bridgehead atoms. The fraction of sp³-hybridized carbons (Fsp3) is 0.300. The third kappa shape index (κ3) is 1.27. The van der Waals surface area contributed by atoms with Gasteiger partial charge in [0.25, 0.3) is 0 Å². The van der Waals surface area contributed by atoms with E-state index in [1.165, 1.54) is 6.33 Å². The predicted octanol–water partition coefficient (Wildman–Crippen LogP) is 0.237. The van der Waals surface area contributed by atoms with Gasteiger partial charge in [0.15, 0.2) is 11.5 Å². The molecule has 0 fully saturated rings. The molecule has 0 unspecified atom stereocenters. The SMILES string of the molecule is Nc1ncnc2c1ncn2[C@@H]1C=C[C@@H](N)C1. The second-order valence-electron chi connectivity index (χ2n) is 3.93. The van der Waals surface area contributed by atoms with Crippen LogP contribution < -0.4 is 11.5 Å². The van der Waals surface area contributed by atoms with Gasteiger partial charge in [0.2, 0.25) is 0 Å². The van der Waals surface area contributed by atoms with Crippen LogP contribution >= 0.6 is 0 Å². The van der Waals surface area contributed by atoms with Crippen LogP contribution in [0.1, 0.15) is 12.5 Å². The highest BCUT2D eigenvalue weighted by Crippen LogP contribution is 2.26. The second-order valence-corrected chi connectivity index (χ2v) is 3.93. The summed E-state index contributed by atoms with van der Waals surface area (Å²) < 4.78 is 1.98. The molecule has 6 heteroatoms. The minimum atomic E-state index is 0.113. The number of aromatic nitrogens is 4. The van der Waals surface area contributed by atoms with Gasteiger partial charge in [0.1, 0.15) is 11.8 Å². The van der Waals surface area contributed by atoms with Crippen molar-refractivity contribution in [3.63, 3.8) is 0 Å². The Morgan fingerprint density at radius 1 is 1.25 bits per heavy atom. The van der Waals surface area contributed by atoms with Crippen molar-refractivity contribution in [2.24, 2.45) is 5.73 Å². The van der Waals surface area contributed by atoms with Crippen molar-refractivity contribution in [1.82, 2.24) is 19.5 Å². The summed E-state index contributed by atoms with van der Waals surface area (Å²) in [6.07, 6.45) is 8.14. The fourth-order valence-corrected chi connectivity index (χ4v) is 2.03. The van der Waals surface area contributed by atoms with Crippen molar-refractivity contribution in [3.8, 4) is 0 Å². The Morgan fingerprint density at radius 3 is 2.88 bits per heavy atom. The molecular weight excluding hydrogens is 204 g/mol. The smallest absolute Gasteiger partial charge is 0.165 e. The second kappa shape index (κ2) is 3.28. The molecular formula is C10H12N6. The molecule has 2 aromatic heterocycles. The van der Waals surface area contributed by atoms with Crippen LogP contribution in [0.5, 0.6) is 0 Å². The summed E-state index contributed by atoms with van der Waals surface area (Å²) in [4.78, 5) is 12.3. The lowest BCUT2D eigenvalue weighted by Gasteiger charge is -2.11. The van der Waals surface area contributed by atoms with Crippen LogP contribution in [0.3, 0.4) is 0 Å². The number of allylic oxidation sites excluding steroid dienone is 1. The van der Waals surface area contributed by atoms with Crippen LogP contribution in [0, 0.1) is 0 Å². The average molecular weight is 216 g/mol. The number of imidazole rings is 1. The maximum Gasteiger partial charge on any atom is 0.165 e. The Balaban J connectivity index is 2.12. The third-order valence-electron chi connectivity index (χ3n) is 2.84. The molecule has 4 N–H and O–H groups in total. The van der Waals surface area contributed by atoms with E-state index in [0.717, 1.165) is 12.1 Å². The van der Waals surface area contributed by atoms with E-state index >= 15 is 0 Å². The number of nitrogens with two attached hydrogens (primary N) is 2. The average Bonchev–Trinajstić information content (AvgIpc) is 2.84. The number of nitrogen functional groups attached to an aromatic ring is 1. The van der Waals surface area contributed by atoms with Crippen LogP contribution in [-0.2, 0) is 0 Å². The molecule has 1 aliphatic rings. The zero-order valence-corrected chi connectivity index (χ0v) is 8.61. The van der Waals surface area contributed by atoms with E-state index in [0.29, 0.717) is 11.3 Å². The summed E-state index contributed by atoms with van der Waals surface area (Å²) in [5.41, 5.74) is 13.0. The summed E-state index contributed by atoms with van der Waals surface area (Å²) in [5, 5.41) is 0. The molecule has 1 aliphatic carbocycles. The van der Waals surface area contributed by atoms with Gasteiger partial charge in [-0.2, -0.15) is 0 Å². The summed E-state index contributed by atoms with van der Waals surface area (Å²) in [5.74, 6) is 0.412. The van der Waals surface area contributed by atoms with Crippen LogP contribution in [-0.4, -0.2) is 25.6 Å². The lowest BCUT2D eigenvalue weighted by atomic mass is 10.2. The van der Waals surface area contributed by atoms with Crippen molar-refractivity contribution < 1.29 is 0 Å². The minimum absolute atomic E-state index is 0.113. The highest BCUT2D eigenvalue weighted by atomic mass is 15.1. The van der Waals surface area contributed by atoms with E-state index in [1.54, 1.807) is 6.33 Å². The zero-order valence-electron chi connectivity index (χ0n) is 8.61. The van der Waals surface area contributed by atoms with Crippen LogP contribution in [0.2, 0.25) is 0 Å². The first kappa shape index (κ1) is 9.29. The molecule has 0 saturated heterocycles. The molecule has 0 amide bonds. The van der Waals surface area contributed by atoms with Crippen LogP contribution in [0.4, 0.5) is 5.82 Å². The van der Waals surface area contributed by atoms with Gasteiger partial charge in [0.05, 0.1) is 12.4 Å². The van der Waals surface area contributed by atoms with Crippen molar-refractivity contribution in [2.45, 2.75) is 18.5 Å². The van der Waals surface area contributed by atoms with E-state index in [-0.39, 0.29) is 12.1 Å². The number of rotatable bonds is 1. The van der Waals surface area contributed by atoms with E-state index in [2.05, 4.69) is 21.0 Å². The summed E-state index contributed by atoms with van der Waals surface area (Å²) in [6.45, 7) is 0. The standard InChI is InChI=1S/C10H12N6/c11-6-1-2-7(3-6)16-5-15-8-9(12)13-4-14-10(8)16/h1-2,4-7H,3,11H2,(H2,12,13,14)/t6-,7-/m1/s1. The number of hydrogen-bond donors (Lipinski definition) is 2. The van der Waals surface area contributed by atoms with Crippen molar-refractivity contribution >= 4 is 17.0 Å². The van der Waals surface area contributed by atoms with Crippen molar-refractivity contribution in [1.29, 1.82) is 0 Å². The van der Waals surface area contributed by atoms with Gasteiger partial charge in [0, 0.05) is 6.04 Å². The quantitative estimate of drug-likeness (QED) is 0.665. The Labute approximate surface area is 92.0 Å². The lowest BCUT2D eigenvalue weighted by molar-refractivity contribution is 0.569. The molecule has 2 atom stereocenters. The summed E-state index contributed by atoms with van der Waals surface area (Å²) in [6, 6.07) is 0.330. The number of nitrogens with zero attached hydrogens (tertiary/aromatic N) is 4. The van der Waals surface area contributed by atoms with Crippen molar-refractivity contribution in [3.05, 3.63) is 24.8 Å². The maximum absolute atomic E-state index is 5.83. The number of fused-ring (bicyclic) bond motifs is 1. The highest BCUT2D eigenvalue weighted by molar-refractivity contribution is 5.81. The number of anilines is 1. The Morgan fingerprint density at radius 2 is 2.12 bits per heavy atom. The normalized spacial score (nSPS) is 24.3. The van der Waals surface area contributed by atoms with Crippen molar-refractivity contribution in [2.75, 3.05) is 5.73 Å². The lowest BCUT2D eigenvalue weighted by Crippen LogP contribution is -2.16. The topological polar surface area (TPSA) is 95.6 Å². The molecule has 0 aliphatic heterocycles. The Bertz CT molecular complexity index is 557. The zero-order chi connectivity index (χ0) is 11.1. The maximum atomic E-state index is 5.83. The monoisotopic (exact) mass is 216 g/mol. The fourth-order valence-electron chi connectivity index (χ4n) is 2.03. The van der Waals surface area contributed by atoms with E-state index in [9.17, 15) is 0 Å². The first-order chi connectivity index (χ1) is 7.75. The van der Waals surface area contributed by atoms with Gasteiger partial charge in [-0.3, -0.25) is 0 Å². The molecule has 82 valence electrons. The van der Waals surface area contributed by atoms with Crippen LogP contribution in [0.15, 0.2) is 24.8 Å². The Kier molecular flexibility index (Phi) is 1.90. The van der Waals surface area contributed by atoms with Gasteiger partial charge < -0.3 is 16.0 Å². The first-order valence-electron chi connectivity index (χ1n) is 5.12. The van der Waals surface area contributed by atoms with Gasteiger partial charge in [-0.1, -0.05) is 12.2 Å². The minimum Gasteiger partial charge on any atom is -0.382 e. The van der Waals surface area contributed by atoms with E-state index in [1.807, 2.05) is 10.6 Å². The molecule has 16 heavy (non-hydrogen) atoms. The van der Waals surface area contributed by atoms with Gasteiger partial charge in [-0.25, -0.2) is 15.0 Å². The molecule has 0 spiro atoms. The molecule has 6 nitrogen and oxygen atoms in total.